The van der Waals surface area contributed by atoms with E-state index < -0.39 is 17.6 Å². The Morgan fingerprint density at radius 1 is 1.04 bits per heavy atom. The molecular weight excluding hydrogens is 418 g/mol. The minimum atomic E-state index is -0.789. The van der Waals surface area contributed by atoms with Gasteiger partial charge in [0.25, 0.3) is 0 Å². The third kappa shape index (κ3) is 4.33. The lowest BCUT2D eigenvalue weighted by atomic mass is 10.1. The first-order chi connectivity index (χ1) is 12.5. The molecule has 1 aromatic heterocycles. The van der Waals surface area contributed by atoms with Crippen LogP contribution in [0.2, 0.25) is 15.1 Å². The predicted octanol–water partition coefficient (Wildman–Crippen LogP) is 6.18. The first-order valence-corrected chi connectivity index (χ1v) is 9.06. The minimum Gasteiger partial charge on any atom is -0.450 e. The highest BCUT2D eigenvalue weighted by molar-refractivity contribution is 6.36. The first kappa shape index (κ1) is 19.1. The van der Waals surface area contributed by atoms with Crippen LogP contribution in [-0.4, -0.2) is 15.5 Å². The van der Waals surface area contributed by atoms with Crippen LogP contribution in [0.3, 0.4) is 0 Å². The van der Waals surface area contributed by atoms with Crippen molar-refractivity contribution < 1.29 is 9.53 Å². The van der Waals surface area contributed by atoms with Crippen molar-refractivity contribution >= 4 is 52.4 Å². The van der Waals surface area contributed by atoms with E-state index in [1.54, 1.807) is 53.6 Å². The van der Waals surface area contributed by atoms with E-state index in [-0.39, 0.29) is 10.6 Å². The monoisotopic (exact) mass is 428 g/mol. The number of halogens is 4. The zero-order valence-electron chi connectivity index (χ0n) is 13.2. The lowest BCUT2D eigenvalue weighted by Crippen LogP contribution is -2.19. The van der Waals surface area contributed by atoms with Crippen molar-refractivity contribution in [3.8, 4) is 0 Å². The van der Waals surface area contributed by atoms with E-state index in [2.05, 4.69) is 4.98 Å². The Morgan fingerprint density at radius 2 is 1.73 bits per heavy atom. The molecule has 2 atom stereocenters. The van der Waals surface area contributed by atoms with E-state index in [0.29, 0.717) is 15.6 Å². The lowest BCUT2D eigenvalue weighted by molar-refractivity contribution is 0.0238. The van der Waals surface area contributed by atoms with Gasteiger partial charge in [-0.15, -0.1) is 0 Å². The van der Waals surface area contributed by atoms with Gasteiger partial charge in [-0.05, 0) is 35.9 Å². The standard InChI is InChI=1S/C18H12Cl4N2O2/c19-12-3-1-11(2-4-12)16(17(22)24-8-7-23-10-24)26-18(25)14-6-5-13(20)9-15(14)21/h1-10,16-17H. The molecule has 0 saturated carbocycles. The van der Waals surface area contributed by atoms with Crippen molar-refractivity contribution in [2.45, 2.75) is 11.6 Å². The molecule has 0 fully saturated rings. The van der Waals surface area contributed by atoms with Gasteiger partial charge in [-0.3, -0.25) is 0 Å². The summed E-state index contributed by atoms with van der Waals surface area (Å²) < 4.78 is 7.32. The SMILES string of the molecule is O=C(OC(c1ccc(Cl)cc1)C(Cl)n1ccnc1)c1ccc(Cl)cc1Cl. The normalized spacial score (nSPS) is 13.2. The van der Waals surface area contributed by atoms with Crippen molar-refractivity contribution in [1.82, 2.24) is 9.55 Å². The molecule has 0 N–H and O–H groups in total. The molecule has 134 valence electrons. The number of imidazole rings is 1. The van der Waals surface area contributed by atoms with Gasteiger partial charge in [0.15, 0.2) is 6.10 Å². The van der Waals surface area contributed by atoms with Crippen molar-refractivity contribution in [2.75, 3.05) is 0 Å². The molecule has 0 aliphatic carbocycles. The smallest absolute Gasteiger partial charge is 0.340 e. The molecule has 26 heavy (non-hydrogen) atoms. The maximum absolute atomic E-state index is 12.6. The highest BCUT2D eigenvalue weighted by Crippen LogP contribution is 2.35. The molecule has 0 saturated heterocycles. The van der Waals surface area contributed by atoms with Crippen molar-refractivity contribution in [3.63, 3.8) is 0 Å². The van der Waals surface area contributed by atoms with E-state index in [1.807, 2.05) is 0 Å². The minimum absolute atomic E-state index is 0.199. The second-order valence-corrected chi connectivity index (χ2v) is 7.11. The Labute approximate surface area is 170 Å². The average molecular weight is 430 g/mol. The number of alkyl halides is 1. The molecule has 0 aliphatic heterocycles. The zero-order chi connectivity index (χ0) is 18.7. The van der Waals surface area contributed by atoms with Crippen molar-refractivity contribution in [3.05, 3.63) is 87.4 Å². The molecule has 3 rings (SSSR count). The highest BCUT2D eigenvalue weighted by Gasteiger charge is 2.28. The van der Waals surface area contributed by atoms with E-state index in [0.717, 1.165) is 0 Å². The van der Waals surface area contributed by atoms with Crippen LogP contribution in [0.5, 0.6) is 0 Å². The number of ether oxygens (including phenoxy) is 1. The molecule has 2 unspecified atom stereocenters. The summed E-state index contributed by atoms with van der Waals surface area (Å²) in [6, 6.07) is 11.4. The summed E-state index contributed by atoms with van der Waals surface area (Å²) in [6.07, 6.45) is 4.03. The number of benzene rings is 2. The number of hydrogen-bond donors (Lipinski definition) is 0. The maximum atomic E-state index is 12.6. The van der Waals surface area contributed by atoms with Gasteiger partial charge < -0.3 is 9.30 Å². The highest BCUT2D eigenvalue weighted by atomic mass is 35.5. The quantitative estimate of drug-likeness (QED) is 0.359. The molecule has 0 radical (unpaired) electrons. The van der Waals surface area contributed by atoms with Gasteiger partial charge in [0.2, 0.25) is 0 Å². The molecular formula is C18H12Cl4N2O2. The van der Waals surface area contributed by atoms with E-state index >= 15 is 0 Å². The number of rotatable bonds is 5. The number of hydrogen-bond acceptors (Lipinski definition) is 3. The number of aromatic nitrogens is 2. The molecule has 0 aliphatic rings. The second-order valence-electron chi connectivity index (χ2n) is 5.38. The fourth-order valence-electron chi connectivity index (χ4n) is 2.34. The van der Waals surface area contributed by atoms with Gasteiger partial charge in [0.05, 0.1) is 16.9 Å². The van der Waals surface area contributed by atoms with E-state index in [4.69, 9.17) is 51.1 Å². The largest absolute Gasteiger partial charge is 0.450 e. The summed E-state index contributed by atoms with van der Waals surface area (Å²) >= 11 is 24.5. The molecule has 0 spiro atoms. The Balaban J connectivity index is 1.92. The molecule has 1 heterocycles. The average Bonchev–Trinajstić information content (AvgIpc) is 3.14. The van der Waals surface area contributed by atoms with Crippen LogP contribution in [-0.2, 0) is 4.74 Å². The lowest BCUT2D eigenvalue weighted by Gasteiger charge is -2.24. The van der Waals surface area contributed by atoms with Gasteiger partial charge in [0, 0.05) is 22.4 Å². The molecule has 0 amide bonds. The van der Waals surface area contributed by atoms with Crippen molar-refractivity contribution in [1.29, 1.82) is 0 Å². The topological polar surface area (TPSA) is 44.1 Å². The van der Waals surface area contributed by atoms with E-state index in [9.17, 15) is 4.79 Å². The zero-order valence-corrected chi connectivity index (χ0v) is 16.2. The van der Waals surface area contributed by atoms with Crippen LogP contribution in [0.4, 0.5) is 0 Å². The molecule has 8 heteroatoms. The second kappa shape index (κ2) is 8.31. The van der Waals surface area contributed by atoms with Crippen LogP contribution >= 0.6 is 46.4 Å². The summed E-state index contributed by atoms with van der Waals surface area (Å²) in [7, 11) is 0. The van der Waals surface area contributed by atoms with Crippen LogP contribution in [0.25, 0.3) is 0 Å². The third-order valence-corrected chi connectivity index (χ3v) is 4.90. The third-order valence-electron chi connectivity index (χ3n) is 3.64. The number of esters is 1. The Morgan fingerprint density at radius 3 is 2.35 bits per heavy atom. The van der Waals surface area contributed by atoms with Crippen LogP contribution in [0, 0.1) is 0 Å². The molecule has 4 nitrogen and oxygen atoms in total. The van der Waals surface area contributed by atoms with Crippen LogP contribution in [0.15, 0.2) is 61.2 Å². The fourth-order valence-corrected chi connectivity index (χ4v) is 3.26. The number of nitrogens with zero attached hydrogens (tertiary/aromatic N) is 2. The molecule has 0 bridgehead atoms. The molecule has 2 aromatic carbocycles. The first-order valence-electron chi connectivity index (χ1n) is 7.48. The predicted molar refractivity (Wildman–Crippen MR) is 103 cm³/mol. The van der Waals surface area contributed by atoms with Gasteiger partial charge in [0.1, 0.15) is 5.50 Å². The Kier molecular flexibility index (Phi) is 6.09. The Hall–Kier alpha value is -1.72. The van der Waals surface area contributed by atoms with Gasteiger partial charge in [-0.2, -0.15) is 0 Å². The van der Waals surface area contributed by atoms with Gasteiger partial charge in [-0.25, -0.2) is 9.78 Å². The maximum Gasteiger partial charge on any atom is 0.340 e. The number of carbonyl (C=O) groups excluding carboxylic acids is 1. The summed E-state index contributed by atoms with van der Waals surface area (Å²) in [5.41, 5.74) is 0.166. The van der Waals surface area contributed by atoms with Crippen LogP contribution in [0.1, 0.15) is 27.5 Å². The summed E-state index contributed by atoms with van der Waals surface area (Å²) in [5.74, 6) is -0.614. The summed E-state index contributed by atoms with van der Waals surface area (Å²) in [5, 5.41) is 1.19. The van der Waals surface area contributed by atoms with E-state index in [1.165, 1.54) is 12.1 Å². The van der Waals surface area contributed by atoms with Crippen LogP contribution < -0.4 is 0 Å². The molecule has 3 aromatic rings. The summed E-state index contributed by atoms with van der Waals surface area (Å²) in [6.45, 7) is 0. The van der Waals surface area contributed by atoms with Gasteiger partial charge in [-0.1, -0.05) is 58.5 Å². The summed E-state index contributed by atoms with van der Waals surface area (Å²) in [4.78, 5) is 16.6. The van der Waals surface area contributed by atoms with Gasteiger partial charge >= 0.3 is 5.97 Å². The fraction of sp³-hybridized carbons (Fsp3) is 0.111. The Bertz CT molecular complexity index is 898. The number of carbonyl (C=O) groups is 1. The van der Waals surface area contributed by atoms with Crippen molar-refractivity contribution in [2.24, 2.45) is 0 Å².